The molecule has 4 rings (SSSR count). The Hall–Kier alpha value is -3.14. The summed E-state index contributed by atoms with van der Waals surface area (Å²) in [5.74, 6) is -0.188. The van der Waals surface area contributed by atoms with Gasteiger partial charge < -0.3 is 4.84 Å². The number of nitrogens with zero attached hydrogens (tertiary/aromatic N) is 1. The normalized spacial score (nSPS) is 13.4. The maximum Gasteiger partial charge on any atom is 0.363 e. The van der Waals surface area contributed by atoms with Crippen molar-refractivity contribution in [2.75, 3.05) is 0 Å². The number of hydrogen-bond acceptors (Lipinski definition) is 3. The van der Waals surface area contributed by atoms with Crippen LogP contribution in [0, 0.1) is 0 Å². The predicted molar refractivity (Wildman–Crippen MR) is 94.3 cm³/mol. The molecule has 0 atom stereocenters. The van der Waals surface area contributed by atoms with Crippen LogP contribution in [0.2, 0.25) is 0 Å². The van der Waals surface area contributed by atoms with Gasteiger partial charge in [0.05, 0.1) is 17.0 Å². The largest absolute Gasteiger partial charge is 0.363 e. The van der Waals surface area contributed by atoms with E-state index in [1.165, 1.54) is 0 Å². The molecule has 3 aromatic rings. The monoisotopic (exact) mass is 331 g/mol. The molecule has 1 aromatic heterocycles. The predicted octanol–water partition coefficient (Wildman–Crippen LogP) is 3.48. The van der Waals surface area contributed by atoms with Gasteiger partial charge in [-0.15, -0.1) is 0 Å². The van der Waals surface area contributed by atoms with Gasteiger partial charge in [-0.1, -0.05) is 48.5 Å². The van der Waals surface area contributed by atoms with Gasteiger partial charge in [-0.05, 0) is 30.2 Å². The molecule has 0 N–H and O–H groups in total. The molecule has 1 aliphatic rings. The molecule has 0 radical (unpaired) electrons. The van der Waals surface area contributed by atoms with Crippen LogP contribution in [0.4, 0.5) is 0 Å². The Kier molecular flexibility index (Phi) is 3.94. The summed E-state index contributed by atoms with van der Waals surface area (Å²) in [6.07, 6.45) is 1.46. The van der Waals surface area contributed by atoms with E-state index in [0.717, 1.165) is 22.5 Å². The van der Waals surface area contributed by atoms with Gasteiger partial charge >= 0.3 is 5.97 Å². The summed E-state index contributed by atoms with van der Waals surface area (Å²) in [4.78, 5) is 30.1. The molecule has 0 saturated heterocycles. The van der Waals surface area contributed by atoms with Gasteiger partial charge in [0.15, 0.2) is 0 Å². The fourth-order valence-corrected chi connectivity index (χ4v) is 3.18. The van der Waals surface area contributed by atoms with E-state index >= 15 is 0 Å². The number of carbonyl (C=O) groups excluding carboxylic acids is 2. The summed E-state index contributed by atoms with van der Waals surface area (Å²) in [5, 5.41) is 0. The summed E-state index contributed by atoms with van der Waals surface area (Å²) in [5.41, 5.74) is 4.09. The van der Waals surface area contributed by atoms with Crippen LogP contribution >= 0.6 is 0 Å². The second kappa shape index (κ2) is 6.40. The molecule has 0 saturated carbocycles. The summed E-state index contributed by atoms with van der Waals surface area (Å²) >= 11 is 0. The third kappa shape index (κ3) is 2.98. The number of hydrogen-bond donors (Lipinski definition) is 0. The number of benzene rings is 2. The molecule has 2 aromatic carbocycles. The zero-order valence-electron chi connectivity index (χ0n) is 13.6. The maximum absolute atomic E-state index is 12.5. The van der Waals surface area contributed by atoms with Crippen molar-refractivity contribution in [1.82, 2.24) is 4.73 Å². The summed E-state index contributed by atoms with van der Waals surface area (Å²) in [6, 6.07) is 20.6. The average Bonchev–Trinajstić information content (AvgIpc) is 3.00. The van der Waals surface area contributed by atoms with Crippen molar-refractivity contribution in [2.24, 2.45) is 0 Å². The van der Waals surface area contributed by atoms with Crippen LogP contribution in [0.1, 0.15) is 28.0 Å². The summed E-state index contributed by atoms with van der Waals surface area (Å²) in [7, 11) is 0. The minimum atomic E-state index is -0.409. The van der Waals surface area contributed by atoms with E-state index in [1.807, 2.05) is 42.5 Å². The SMILES string of the molecule is O=C1CCc2c(cc(-c3ccccc3)n2OC(=O)c2ccccc2)C1. The van der Waals surface area contributed by atoms with Gasteiger partial charge in [0, 0.05) is 18.4 Å². The highest BCUT2D eigenvalue weighted by molar-refractivity contribution is 5.90. The Morgan fingerprint density at radius 3 is 2.32 bits per heavy atom. The van der Waals surface area contributed by atoms with Crippen LogP contribution in [-0.2, 0) is 17.6 Å². The number of rotatable bonds is 3. The summed E-state index contributed by atoms with van der Waals surface area (Å²) < 4.78 is 1.60. The topological polar surface area (TPSA) is 48.3 Å². The fraction of sp³-hybridized carbons (Fsp3) is 0.143. The van der Waals surface area contributed by atoms with Gasteiger partial charge in [0.2, 0.25) is 0 Å². The number of ketones is 1. The van der Waals surface area contributed by atoms with Crippen LogP contribution < -0.4 is 4.84 Å². The molecule has 0 fully saturated rings. The summed E-state index contributed by atoms with van der Waals surface area (Å²) in [6.45, 7) is 0. The second-order valence-electron chi connectivity index (χ2n) is 6.12. The molecule has 0 bridgehead atoms. The minimum absolute atomic E-state index is 0.221. The van der Waals surface area contributed by atoms with E-state index in [0.29, 0.717) is 24.8 Å². The molecule has 0 spiro atoms. The molecule has 25 heavy (non-hydrogen) atoms. The van der Waals surface area contributed by atoms with Crippen molar-refractivity contribution < 1.29 is 14.4 Å². The first-order chi connectivity index (χ1) is 12.2. The standard InChI is InChI=1S/C21H17NO3/c23-18-11-12-19-17(13-18)14-20(15-7-3-1-4-8-15)22(19)25-21(24)16-9-5-2-6-10-16/h1-10,14H,11-13H2. The molecule has 124 valence electrons. The number of Topliss-reactive ketones (excluding diaryl/α,β-unsaturated/α-hetero) is 1. The van der Waals surface area contributed by atoms with Gasteiger partial charge in [-0.3, -0.25) is 4.79 Å². The number of aromatic nitrogens is 1. The van der Waals surface area contributed by atoms with Crippen molar-refractivity contribution >= 4 is 11.8 Å². The van der Waals surface area contributed by atoms with Gasteiger partial charge in [0.1, 0.15) is 5.78 Å². The Morgan fingerprint density at radius 2 is 1.60 bits per heavy atom. The Labute approximate surface area is 145 Å². The van der Waals surface area contributed by atoms with Crippen LogP contribution in [0.25, 0.3) is 11.3 Å². The molecule has 4 nitrogen and oxygen atoms in total. The van der Waals surface area contributed by atoms with E-state index < -0.39 is 5.97 Å². The van der Waals surface area contributed by atoms with Crippen molar-refractivity contribution in [3.05, 3.63) is 83.6 Å². The van der Waals surface area contributed by atoms with Crippen LogP contribution in [0.3, 0.4) is 0 Å². The third-order valence-corrected chi connectivity index (χ3v) is 4.43. The van der Waals surface area contributed by atoms with Crippen molar-refractivity contribution in [3.63, 3.8) is 0 Å². The Morgan fingerprint density at radius 1 is 0.920 bits per heavy atom. The molecular formula is C21H17NO3. The Balaban J connectivity index is 1.77. The molecule has 0 aliphatic heterocycles. The lowest BCUT2D eigenvalue weighted by atomic mass is 9.97. The van der Waals surface area contributed by atoms with E-state index in [1.54, 1.807) is 29.0 Å². The van der Waals surface area contributed by atoms with Crippen molar-refractivity contribution in [3.8, 4) is 11.3 Å². The molecule has 4 heteroatoms. The van der Waals surface area contributed by atoms with E-state index in [4.69, 9.17) is 4.84 Å². The quantitative estimate of drug-likeness (QED) is 0.738. The third-order valence-electron chi connectivity index (χ3n) is 4.43. The smallest absolute Gasteiger partial charge is 0.331 e. The lowest BCUT2D eigenvalue weighted by Gasteiger charge is -2.16. The van der Waals surface area contributed by atoms with Crippen LogP contribution in [0.15, 0.2) is 66.7 Å². The molecule has 0 unspecified atom stereocenters. The first-order valence-corrected chi connectivity index (χ1v) is 8.31. The average molecular weight is 331 g/mol. The van der Waals surface area contributed by atoms with Crippen LogP contribution in [-0.4, -0.2) is 16.5 Å². The van der Waals surface area contributed by atoms with Gasteiger partial charge in [-0.2, -0.15) is 4.73 Å². The first-order valence-electron chi connectivity index (χ1n) is 8.31. The lowest BCUT2D eigenvalue weighted by Crippen LogP contribution is -2.24. The maximum atomic E-state index is 12.5. The van der Waals surface area contributed by atoms with Crippen LogP contribution in [0.5, 0.6) is 0 Å². The lowest BCUT2D eigenvalue weighted by molar-refractivity contribution is -0.118. The van der Waals surface area contributed by atoms with E-state index in [2.05, 4.69) is 0 Å². The molecule has 1 aliphatic carbocycles. The van der Waals surface area contributed by atoms with E-state index in [9.17, 15) is 9.59 Å². The highest BCUT2D eigenvalue weighted by Crippen LogP contribution is 2.29. The van der Waals surface area contributed by atoms with Gasteiger partial charge in [-0.25, -0.2) is 4.79 Å². The zero-order chi connectivity index (χ0) is 17.2. The molecular weight excluding hydrogens is 314 g/mol. The second-order valence-corrected chi connectivity index (χ2v) is 6.12. The highest BCUT2D eigenvalue weighted by atomic mass is 16.7. The number of fused-ring (bicyclic) bond motifs is 1. The zero-order valence-corrected chi connectivity index (χ0v) is 13.6. The minimum Gasteiger partial charge on any atom is -0.331 e. The molecule has 1 heterocycles. The molecule has 0 amide bonds. The number of carbonyl (C=O) groups is 2. The van der Waals surface area contributed by atoms with Crippen molar-refractivity contribution in [2.45, 2.75) is 19.3 Å². The fourth-order valence-electron chi connectivity index (χ4n) is 3.18. The highest BCUT2D eigenvalue weighted by Gasteiger charge is 2.25. The Bertz CT molecular complexity index is 927. The van der Waals surface area contributed by atoms with Gasteiger partial charge in [0.25, 0.3) is 0 Å². The van der Waals surface area contributed by atoms with E-state index in [-0.39, 0.29) is 5.78 Å². The van der Waals surface area contributed by atoms with Crippen molar-refractivity contribution in [1.29, 1.82) is 0 Å². The first kappa shape index (κ1) is 15.4.